The zero-order chi connectivity index (χ0) is 19.7. The molecule has 0 atom stereocenters. The predicted molar refractivity (Wildman–Crippen MR) is 108 cm³/mol. The van der Waals surface area contributed by atoms with E-state index in [-0.39, 0.29) is 11.1 Å². The molecule has 0 spiro atoms. The molecule has 2 aromatic carbocycles. The van der Waals surface area contributed by atoms with Gasteiger partial charge in [-0.25, -0.2) is 4.98 Å². The number of anilines is 1. The fraction of sp³-hybridized carbons (Fsp3) is 0.263. The van der Waals surface area contributed by atoms with E-state index < -0.39 is 10.5 Å². The molecule has 144 valence electrons. The monoisotopic (exact) mass is 399 g/mol. The average Bonchev–Trinajstić information content (AvgIpc) is 2.68. The SMILES string of the molecule is O=c1[nH]cnc2cc(NCCN3CCc4c(Cl)cccc4C3)c([N+](=O)[O-])cc12. The highest BCUT2D eigenvalue weighted by molar-refractivity contribution is 6.31. The molecule has 0 radical (unpaired) electrons. The maximum Gasteiger partial charge on any atom is 0.293 e. The number of hydrogen-bond acceptors (Lipinski definition) is 6. The van der Waals surface area contributed by atoms with E-state index in [1.807, 2.05) is 12.1 Å². The van der Waals surface area contributed by atoms with Gasteiger partial charge in [0.15, 0.2) is 0 Å². The van der Waals surface area contributed by atoms with Crippen molar-refractivity contribution >= 4 is 33.9 Å². The van der Waals surface area contributed by atoms with E-state index in [0.717, 1.165) is 31.1 Å². The Labute approximate surface area is 165 Å². The second-order valence-corrected chi connectivity index (χ2v) is 7.11. The molecule has 0 fully saturated rings. The van der Waals surface area contributed by atoms with Gasteiger partial charge in [-0.3, -0.25) is 19.8 Å². The van der Waals surface area contributed by atoms with Crippen molar-refractivity contribution in [3.05, 3.63) is 73.3 Å². The van der Waals surface area contributed by atoms with E-state index in [9.17, 15) is 14.9 Å². The van der Waals surface area contributed by atoms with Crippen molar-refractivity contribution in [2.45, 2.75) is 13.0 Å². The van der Waals surface area contributed by atoms with Crippen LogP contribution < -0.4 is 10.9 Å². The Balaban J connectivity index is 1.48. The summed E-state index contributed by atoms with van der Waals surface area (Å²) in [6.45, 7) is 2.94. The van der Waals surface area contributed by atoms with Crippen molar-refractivity contribution in [2.24, 2.45) is 0 Å². The third-order valence-corrected chi connectivity index (χ3v) is 5.34. The molecule has 8 nitrogen and oxygen atoms in total. The average molecular weight is 400 g/mol. The highest BCUT2D eigenvalue weighted by atomic mass is 35.5. The van der Waals surface area contributed by atoms with Gasteiger partial charge in [-0.1, -0.05) is 23.7 Å². The van der Waals surface area contributed by atoms with Crippen LogP contribution in [0.15, 0.2) is 41.5 Å². The van der Waals surface area contributed by atoms with Crippen LogP contribution in [0.3, 0.4) is 0 Å². The van der Waals surface area contributed by atoms with Crippen LogP contribution in [0.2, 0.25) is 5.02 Å². The van der Waals surface area contributed by atoms with Gasteiger partial charge in [-0.2, -0.15) is 0 Å². The Bertz CT molecular complexity index is 1110. The Morgan fingerprint density at radius 1 is 1.36 bits per heavy atom. The van der Waals surface area contributed by atoms with Gasteiger partial charge >= 0.3 is 0 Å². The van der Waals surface area contributed by atoms with Crippen molar-refractivity contribution < 1.29 is 4.92 Å². The van der Waals surface area contributed by atoms with Crippen molar-refractivity contribution in [3.8, 4) is 0 Å². The Morgan fingerprint density at radius 3 is 3.04 bits per heavy atom. The summed E-state index contributed by atoms with van der Waals surface area (Å²) in [6, 6.07) is 8.76. The fourth-order valence-corrected chi connectivity index (χ4v) is 3.85. The maximum absolute atomic E-state index is 11.9. The third kappa shape index (κ3) is 3.56. The zero-order valence-electron chi connectivity index (χ0n) is 14.9. The minimum absolute atomic E-state index is 0.137. The summed E-state index contributed by atoms with van der Waals surface area (Å²) in [6.07, 6.45) is 2.18. The number of nitrogens with one attached hydrogen (secondary N) is 2. The van der Waals surface area contributed by atoms with Crippen LogP contribution in [0.4, 0.5) is 11.4 Å². The minimum atomic E-state index is -0.493. The van der Waals surface area contributed by atoms with Crippen LogP contribution in [0.5, 0.6) is 0 Å². The lowest BCUT2D eigenvalue weighted by Gasteiger charge is -2.29. The minimum Gasteiger partial charge on any atom is -0.378 e. The van der Waals surface area contributed by atoms with E-state index in [2.05, 4.69) is 26.3 Å². The number of nitro groups is 1. The van der Waals surface area contributed by atoms with E-state index in [4.69, 9.17) is 11.6 Å². The van der Waals surface area contributed by atoms with Crippen LogP contribution >= 0.6 is 11.6 Å². The molecule has 0 aliphatic carbocycles. The molecule has 2 N–H and O–H groups in total. The summed E-state index contributed by atoms with van der Waals surface area (Å²) < 4.78 is 0. The second-order valence-electron chi connectivity index (χ2n) is 6.71. The van der Waals surface area contributed by atoms with Crippen molar-refractivity contribution in [2.75, 3.05) is 25.0 Å². The lowest BCUT2D eigenvalue weighted by atomic mass is 10.00. The Kier molecular flexibility index (Phi) is 4.97. The molecule has 1 aliphatic heterocycles. The summed E-state index contributed by atoms with van der Waals surface area (Å²) in [4.78, 5) is 31.6. The summed E-state index contributed by atoms with van der Waals surface area (Å²) in [5, 5.41) is 15.6. The van der Waals surface area contributed by atoms with Gasteiger partial charge in [0.05, 0.1) is 22.2 Å². The van der Waals surface area contributed by atoms with Crippen LogP contribution in [0.25, 0.3) is 10.9 Å². The van der Waals surface area contributed by atoms with Crippen LogP contribution in [-0.4, -0.2) is 39.4 Å². The molecule has 9 heteroatoms. The number of hydrogen-bond donors (Lipinski definition) is 2. The molecule has 28 heavy (non-hydrogen) atoms. The molecular weight excluding hydrogens is 382 g/mol. The number of benzene rings is 2. The third-order valence-electron chi connectivity index (χ3n) is 4.99. The molecule has 0 unspecified atom stereocenters. The number of halogens is 1. The van der Waals surface area contributed by atoms with Gasteiger partial charge in [0.1, 0.15) is 5.69 Å². The summed E-state index contributed by atoms with van der Waals surface area (Å²) >= 11 is 6.26. The molecule has 0 amide bonds. The Morgan fingerprint density at radius 2 is 2.21 bits per heavy atom. The second kappa shape index (κ2) is 7.57. The number of aromatic amines is 1. The van der Waals surface area contributed by atoms with Crippen molar-refractivity contribution in [1.82, 2.24) is 14.9 Å². The summed E-state index contributed by atoms with van der Waals surface area (Å²) in [7, 11) is 0. The molecular formula is C19H18ClN5O3. The zero-order valence-corrected chi connectivity index (χ0v) is 15.7. The number of nitro benzene ring substituents is 1. The lowest BCUT2D eigenvalue weighted by molar-refractivity contribution is -0.383. The number of H-pyrrole nitrogens is 1. The van der Waals surface area contributed by atoms with Crippen LogP contribution in [0, 0.1) is 10.1 Å². The Hall–Kier alpha value is -2.97. The fourth-order valence-electron chi connectivity index (χ4n) is 3.56. The van der Waals surface area contributed by atoms with Crippen LogP contribution in [-0.2, 0) is 13.0 Å². The first-order chi connectivity index (χ1) is 13.5. The number of nitrogens with zero attached hydrogens (tertiary/aromatic N) is 3. The van der Waals surface area contributed by atoms with Gasteiger partial charge in [-0.15, -0.1) is 0 Å². The van der Waals surface area contributed by atoms with Crippen molar-refractivity contribution in [3.63, 3.8) is 0 Å². The highest BCUT2D eigenvalue weighted by Crippen LogP contribution is 2.28. The molecule has 0 saturated carbocycles. The van der Waals surface area contributed by atoms with Gasteiger partial charge in [0, 0.05) is 37.3 Å². The summed E-state index contributed by atoms with van der Waals surface area (Å²) in [5.41, 5.74) is 2.66. The standard InChI is InChI=1S/C19H18ClN5O3/c20-15-3-1-2-12-10-24(6-4-13(12)15)7-5-21-17-9-16-14(8-18(17)25(27)28)19(26)23-11-22-16/h1-3,8-9,11,21H,4-7,10H2,(H,22,23,26). The molecule has 2 heterocycles. The smallest absolute Gasteiger partial charge is 0.293 e. The van der Waals surface area contributed by atoms with Gasteiger partial charge in [-0.05, 0) is 29.7 Å². The van der Waals surface area contributed by atoms with Gasteiger partial charge < -0.3 is 10.3 Å². The van der Waals surface area contributed by atoms with Crippen LogP contribution in [0.1, 0.15) is 11.1 Å². The van der Waals surface area contributed by atoms with Gasteiger partial charge in [0.25, 0.3) is 11.2 Å². The quantitative estimate of drug-likeness (QED) is 0.505. The van der Waals surface area contributed by atoms with E-state index in [1.165, 1.54) is 23.5 Å². The molecule has 3 aromatic rings. The normalized spacial score (nSPS) is 14.0. The first-order valence-electron chi connectivity index (χ1n) is 8.91. The molecule has 0 bridgehead atoms. The molecule has 0 saturated heterocycles. The number of aromatic nitrogens is 2. The van der Waals surface area contributed by atoms with E-state index >= 15 is 0 Å². The molecule has 4 rings (SSSR count). The predicted octanol–water partition coefficient (Wildman–Crippen LogP) is 2.95. The molecule has 1 aromatic heterocycles. The van der Waals surface area contributed by atoms with Crippen molar-refractivity contribution in [1.29, 1.82) is 0 Å². The van der Waals surface area contributed by atoms with E-state index in [1.54, 1.807) is 6.07 Å². The number of rotatable bonds is 5. The summed E-state index contributed by atoms with van der Waals surface area (Å²) in [5.74, 6) is 0. The van der Waals surface area contributed by atoms with E-state index in [0.29, 0.717) is 17.7 Å². The highest BCUT2D eigenvalue weighted by Gasteiger charge is 2.19. The molecule has 1 aliphatic rings. The topological polar surface area (TPSA) is 104 Å². The largest absolute Gasteiger partial charge is 0.378 e. The lowest BCUT2D eigenvalue weighted by Crippen LogP contribution is -2.34. The maximum atomic E-state index is 11.9. The first kappa shape index (κ1) is 18.4. The first-order valence-corrected chi connectivity index (χ1v) is 9.29. The van der Waals surface area contributed by atoms with Gasteiger partial charge in [0.2, 0.25) is 0 Å². The number of fused-ring (bicyclic) bond motifs is 2.